The first-order valence-corrected chi connectivity index (χ1v) is 8.87. The number of nitrogens with one attached hydrogen (secondary N) is 2. The molecular formula is C21H24N2O4. The number of ether oxygens (including phenoxy) is 1. The summed E-state index contributed by atoms with van der Waals surface area (Å²) in [5, 5.41) is 24.5. The van der Waals surface area contributed by atoms with Gasteiger partial charge in [-0.15, -0.1) is 0 Å². The number of rotatable bonds is 7. The number of H-pyrrole nitrogens is 1. The van der Waals surface area contributed by atoms with Gasteiger partial charge in [-0.05, 0) is 48.7 Å². The van der Waals surface area contributed by atoms with Crippen LogP contribution in [0, 0.1) is 0 Å². The Morgan fingerprint density at radius 3 is 2.56 bits per heavy atom. The normalized spacial score (nSPS) is 13.4. The van der Waals surface area contributed by atoms with E-state index in [1.165, 1.54) is 17.7 Å². The molecule has 142 valence electrons. The van der Waals surface area contributed by atoms with E-state index in [1.54, 1.807) is 19.2 Å². The van der Waals surface area contributed by atoms with Crippen LogP contribution in [0.2, 0.25) is 0 Å². The Bertz CT molecular complexity index is 966. The van der Waals surface area contributed by atoms with Crippen LogP contribution in [0.5, 0.6) is 11.5 Å². The summed E-state index contributed by atoms with van der Waals surface area (Å²) in [6.07, 6.45) is 0.0534. The molecule has 0 bridgehead atoms. The molecule has 1 aromatic heterocycles. The third-order valence-electron chi connectivity index (χ3n) is 4.63. The maximum absolute atomic E-state index is 11.5. The minimum Gasteiger partial charge on any atom is -0.506 e. The molecule has 6 nitrogen and oxygen atoms in total. The first-order chi connectivity index (χ1) is 13.0. The average Bonchev–Trinajstić information content (AvgIpc) is 2.67. The second-order valence-electron chi connectivity index (χ2n) is 6.66. The lowest BCUT2D eigenvalue weighted by atomic mass is 10.0. The molecule has 0 aliphatic carbocycles. The van der Waals surface area contributed by atoms with Crippen LogP contribution in [0.1, 0.15) is 24.2 Å². The Hall–Kier alpha value is -2.83. The van der Waals surface area contributed by atoms with Crippen molar-refractivity contribution in [3.05, 3.63) is 70.0 Å². The average molecular weight is 368 g/mol. The molecule has 27 heavy (non-hydrogen) atoms. The van der Waals surface area contributed by atoms with Gasteiger partial charge in [0.15, 0.2) is 0 Å². The van der Waals surface area contributed by atoms with Gasteiger partial charge >= 0.3 is 0 Å². The van der Waals surface area contributed by atoms with E-state index in [-0.39, 0.29) is 17.4 Å². The summed E-state index contributed by atoms with van der Waals surface area (Å²) in [5.74, 6) is 0.812. The first-order valence-electron chi connectivity index (χ1n) is 8.87. The summed E-state index contributed by atoms with van der Waals surface area (Å²) in [7, 11) is 1.64. The molecule has 0 aliphatic heterocycles. The van der Waals surface area contributed by atoms with Gasteiger partial charge in [0.05, 0.1) is 18.7 Å². The Labute approximate surface area is 157 Å². The number of aliphatic hydroxyl groups excluding tert-OH is 1. The van der Waals surface area contributed by atoms with Crippen LogP contribution < -0.4 is 15.6 Å². The van der Waals surface area contributed by atoms with Gasteiger partial charge in [0.1, 0.15) is 11.5 Å². The number of phenols is 1. The number of aromatic nitrogens is 1. The van der Waals surface area contributed by atoms with Gasteiger partial charge in [-0.3, -0.25) is 4.79 Å². The summed E-state index contributed by atoms with van der Waals surface area (Å²) >= 11 is 0. The van der Waals surface area contributed by atoms with Crippen LogP contribution in [0.15, 0.2) is 53.3 Å². The molecule has 0 saturated heterocycles. The van der Waals surface area contributed by atoms with Crippen LogP contribution in [-0.2, 0) is 6.42 Å². The number of hydrogen-bond donors (Lipinski definition) is 4. The Kier molecular flexibility index (Phi) is 5.78. The Morgan fingerprint density at radius 1 is 1.11 bits per heavy atom. The standard InChI is InChI=1S/C21H24N2O4/c1-13(11-14-3-5-15(27-2)6-4-14)22-12-19(25)16-7-9-18(24)21-17(16)8-10-20(26)23-21/h3-10,13,19,22,24-25H,11-12H2,1-2H3,(H,23,26)/t13-,19-/m0/s1. The summed E-state index contributed by atoms with van der Waals surface area (Å²) in [6.45, 7) is 2.42. The molecule has 1 heterocycles. The van der Waals surface area contributed by atoms with Gasteiger partial charge in [-0.25, -0.2) is 0 Å². The maximum Gasteiger partial charge on any atom is 0.248 e. The second-order valence-corrected chi connectivity index (χ2v) is 6.66. The molecule has 0 spiro atoms. The molecular weight excluding hydrogens is 344 g/mol. The van der Waals surface area contributed by atoms with E-state index in [2.05, 4.69) is 17.2 Å². The number of aromatic amines is 1. The molecule has 0 amide bonds. The predicted molar refractivity (Wildman–Crippen MR) is 105 cm³/mol. The molecule has 0 aliphatic rings. The number of phenolic OH excluding ortho intramolecular Hbond substituents is 1. The lowest BCUT2D eigenvalue weighted by Crippen LogP contribution is -2.32. The third kappa shape index (κ3) is 4.48. The zero-order valence-corrected chi connectivity index (χ0v) is 15.4. The monoisotopic (exact) mass is 368 g/mol. The molecule has 0 unspecified atom stereocenters. The zero-order chi connectivity index (χ0) is 19.4. The van der Waals surface area contributed by atoms with E-state index >= 15 is 0 Å². The van der Waals surface area contributed by atoms with Crippen molar-refractivity contribution in [3.8, 4) is 11.5 Å². The van der Waals surface area contributed by atoms with Crippen LogP contribution >= 0.6 is 0 Å². The molecule has 2 atom stereocenters. The van der Waals surface area contributed by atoms with Crippen LogP contribution in [0.3, 0.4) is 0 Å². The highest BCUT2D eigenvalue weighted by molar-refractivity contribution is 5.87. The lowest BCUT2D eigenvalue weighted by Gasteiger charge is -2.19. The summed E-state index contributed by atoms with van der Waals surface area (Å²) < 4.78 is 5.16. The van der Waals surface area contributed by atoms with Crippen molar-refractivity contribution in [2.24, 2.45) is 0 Å². The number of pyridine rings is 1. The number of methoxy groups -OCH3 is 1. The summed E-state index contributed by atoms with van der Waals surface area (Å²) in [6, 6.07) is 14.2. The number of benzene rings is 2. The van der Waals surface area contributed by atoms with Crippen molar-refractivity contribution in [2.45, 2.75) is 25.5 Å². The van der Waals surface area contributed by atoms with Crippen LogP contribution in [0.25, 0.3) is 10.9 Å². The molecule has 0 fully saturated rings. The molecule has 2 aromatic carbocycles. The number of fused-ring (bicyclic) bond motifs is 1. The van der Waals surface area contributed by atoms with Gasteiger partial charge < -0.3 is 25.3 Å². The molecule has 6 heteroatoms. The van der Waals surface area contributed by atoms with Crippen molar-refractivity contribution in [1.82, 2.24) is 10.3 Å². The highest BCUT2D eigenvalue weighted by Gasteiger charge is 2.15. The lowest BCUT2D eigenvalue weighted by molar-refractivity contribution is 0.172. The first kappa shape index (κ1) is 18.9. The summed E-state index contributed by atoms with van der Waals surface area (Å²) in [4.78, 5) is 14.1. The third-order valence-corrected chi connectivity index (χ3v) is 4.63. The molecule has 0 saturated carbocycles. The van der Waals surface area contributed by atoms with Crippen molar-refractivity contribution in [2.75, 3.05) is 13.7 Å². The van der Waals surface area contributed by atoms with E-state index in [1.807, 2.05) is 24.3 Å². The minimum atomic E-state index is -0.766. The molecule has 3 aromatic rings. The van der Waals surface area contributed by atoms with Gasteiger partial charge in [0, 0.05) is 24.0 Å². The maximum atomic E-state index is 11.5. The van der Waals surface area contributed by atoms with Crippen molar-refractivity contribution in [1.29, 1.82) is 0 Å². The van der Waals surface area contributed by atoms with E-state index < -0.39 is 6.10 Å². The van der Waals surface area contributed by atoms with Crippen LogP contribution in [0.4, 0.5) is 0 Å². The Balaban J connectivity index is 1.66. The number of aromatic hydroxyl groups is 1. The topological polar surface area (TPSA) is 94.6 Å². The number of aliphatic hydroxyl groups is 1. The fourth-order valence-corrected chi connectivity index (χ4v) is 3.16. The quantitative estimate of drug-likeness (QED) is 0.514. The second kappa shape index (κ2) is 8.24. The zero-order valence-electron chi connectivity index (χ0n) is 15.4. The van der Waals surface area contributed by atoms with E-state index in [9.17, 15) is 15.0 Å². The SMILES string of the molecule is COc1ccc(C[C@H](C)NC[C@H](O)c2ccc(O)c3[nH]c(=O)ccc23)cc1. The summed E-state index contributed by atoms with van der Waals surface area (Å²) in [5.41, 5.74) is 1.88. The fraction of sp³-hybridized carbons (Fsp3) is 0.286. The Morgan fingerprint density at radius 2 is 1.85 bits per heavy atom. The number of hydrogen-bond acceptors (Lipinski definition) is 5. The van der Waals surface area contributed by atoms with Gasteiger partial charge in [-0.1, -0.05) is 18.2 Å². The van der Waals surface area contributed by atoms with Gasteiger partial charge in [-0.2, -0.15) is 0 Å². The van der Waals surface area contributed by atoms with E-state index in [0.29, 0.717) is 23.0 Å². The van der Waals surface area contributed by atoms with E-state index in [4.69, 9.17) is 4.74 Å². The van der Waals surface area contributed by atoms with E-state index in [0.717, 1.165) is 12.2 Å². The highest BCUT2D eigenvalue weighted by Crippen LogP contribution is 2.28. The highest BCUT2D eigenvalue weighted by atomic mass is 16.5. The minimum absolute atomic E-state index is 0.0144. The van der Waals surface area contributed by atoms with Crippen molar-refractivity contribution < 1.29 is 14.9 Å². The smallest absolute Gasteiger partial charge is 0.248 e. The van der Waals surface area contributed by atoms with Gasteiger partial charge in [0.2, 0.25) is 5.56 Å². The van der Waals surface area contributed by atoms with Crippen molar-refractivity contribution >= 4 is 10.9 Å². The molecule has 0 radical (unpaired) electrons. The van der Waals surface area contributed by atoms with Crippen LogP contribution in [-0.4, -0.2) is 34.9 Å². The van der Waals surface area contributed by atoms with Gasteiger partial charge in [0.25, 0.3) is 0 Å². The van der Waals surface area contributed by atoms with Crippen molar-refractivity contribution in [3.63, 3.8) is 0 Å². The predicted octanol–water partition coefficient (Wildman–Crippen LogP) is 2.50. The molecule has 3 rings (SSSR count). The largest absolute Gasteiger partial charge is 0.506 e. The fourth-order valence-electron chi connectivity index (χ4n) is 3.16. The molecule has 4 N–H and O–H groups in total.